The topological polar surface area (TPSA) is 92.8 Å². The largest absolute Gasteiger partial charge is 0.479 e. The molecule has 0 bridgehead atoms. The van der Waals surface area contributed by atoms with Crippen molar-refractivity contribution in [2.75, 3.05) is 6.54 Å². The molecule has 0 unspecified atom stereocenters. The molecule has 0 aliphatic heterocycles. The van der Waals surface area contributed by atoms with Crippen LogP contribution in [0.5, 0.6) is 0 Å². The molecule has 0 aromatic carbocycles. The maximum atomic E-state index is 12.3. The third-order valence-electron chi connectivity index (χ3n) is 4.09. The highest BCUT2D eigenvalue weighted by Gasteiger charge is 2.43. The zero-order chi connectivity index (χ0) is 16.8. The van der Waals surface area contributed by atoms with Crippen molar-refractivity contribution >= 4 is 18.5 Å². The number of aliphatic carboxylic acids is 1. The summed E-state index contributed by atoms with van der Waals surface area (Å²) in [6, 6.07) is 0. The summed E-state index contributed by atoms with van der Waals surface area (Å²) in [5, 5.41) is 9.41. The Labute approximate surface area is 134 Å². The lowest BCUT2D eigenvalue weighted by Gasteiger charge is -2.23. The van der Waals surface area contributed by atoms with Crippen molar-refractivity contribution in [3.05, 3.63) is 0 Å². The summed E-state index contributed by atoms with van der Waals surface area (Å²) < 4.78 is 0. The Bertz CT molecular complexity index is 345. The second-order valence-electron chi connectivity index (χ2n) is 5.86. The average Bonchev–Trinajstić information content (AvgIpc) is 2.50. The number of hydrogen-bond acceptors (Lipinski definition) is 4. The predicted molar refractivity (Wildman–Crippen MR) is 90.4 cm³/mol. The van der Waals surface area contributed by atoms with Crippen LogP contribution in [-0.4, -0.2) is 35.7 Å². The Hall–Kier alpha value is -1.23. The second kappa shape index (κ2) is 12.3. The van der Waals surface area contributed by atoms with Crippen molar-refractivity contribution in [3.63, 3.8) is 0 Å². The summed E-state index contributed by atoms with van der Waals surface area (Å²) in [5.74, 6) is -1.51. The quantitative estimate of drug-likeness (QED) is 0.275. The molecule has 0 saturated carbocycles. The van der Waals surface area contributed by atoms with Crippen molar-refractivity contribution in [2.24, 2.45) is 10.7 Å². The molecular weight excluding hydrogens is 280 g/mol. The molecule has 1 atom stereocenters. The first kappa shape index (κ1) is 20.8. The number of ketones is 1. The van der Waals surface area contributed by atoms with E-state index in [0.717, 1.165) is 19.3 Å². The van der Waals surface area contributed by atoms with Gasteiger partial charge in [-0.1, -0.05) is 45.4 Å². The number of carboxylic acids is 1. The summed E-state index contributed by atoms with van der Waals surface area (Å²) in [4.78, 5) is 27.5. The van der Waals surface area contributed by atoms with E-state index in [1.165, 1.54) is 25.7 Å². The molecule has 0 rings (SSSR count). The van der Waals surface area contributed by atoms with Crippen LogP contribution >= 0.6 is 0 Å². The van der Waals surface area contributed by atoms with Crippen molar-refractivity contribution in [3.8, 4) is 0 Å². The van der Waals surface area contributed by atoms with Crippen LogP contribution in [0.4, 0.5) is 0 Å². The van der Waals surface area contributed by atoms with Crippen molar-refractivity contribution in [2.45, 2.75) is 83.1 Å². The molecule has 5 heteroatoms. The highest BCUT2D eigenvalue weighted by molar-refractivity contribution is 6.08. The fraction of sp³-hybridized carbons (Fsp3) is 0.824. The minimum Gasteiger partial charge on any atom is -0.479 e. The molecule has 0 aliphatic carbocycles. The number of carbonyl (C=O) groups excluding carboxylic acids is 1. The normalized spacial score (nSPS) is 13.5. The number of nitrogens with two attached hydrogens (primary N) is 1. The zero-order valence-electron chi connectivity index (χ0n) is 14.0. The monoisotopic (exact) mass is 312 g/mol. The minimum atomic E-state index is -1.67. The van der Waals surface area contributed by atoms with Crippen molar-refractivity contribution in [1.82, 2.24) is 0 Å². The molecule has 0 aromatic heterocycles. The number of rotatable bonds is 15. The minimum absolute atomic E-state index is 0.193. The standard InChI is InChI=1S/C17H32N2O3/c1-3-4-5-6-7-8-9-12-15(20)17(19-2,16(21)22)13-10-11-14-18/h2-14,18H2,1H3,(H,21,22)/t17-/m1/s1. The van der Waals surface area contributed by atoms with Crippen molar-refractivity contribution in [1.29, 1.82) is 0 Å². The fourth-order valence-electron chi connectivity index (χ4n) is 2.58. The van der Waals surface area contributed by atoms with Gasteiger partial charge in [0.15, 0.2) is 5.78 Å². The molecule has 0 saturated heterocycles. The van der Waals surface area contributed by atoms with E-state index in [1.54, 1.807) is 0 Å². The third kappa shape index (κ3) is 7.16. The SMILES string of the molecule is C=N[C@@](CCCCN)(C(=O)O)C(=O)CCCCCCCCC. The van der Waals surface area contributed by atoms with E-state index in [1.807, 2.05) is 0 Å². The van der Waals surface area contributed by atoms with Gasteiger partial charge in [0, 0.05) is 6.42 Å². The molecule has 0 heterocycles. The smallest absolute Gasteiger partial charge is 0.339 e. The number of Topliss-reactive ketones (excluding diaryl/α,β-unsaturated/α-hetero) is 1. The second-order valence-corrected chi connectivity index (χ2v) is 5.86. The van der Waals surface area contributed by atoms with Gasteiger partial charge in [0.05, 0.1) is 0 Å². The first-order valence-electron chi connectivity index (χ1n) is 8.49. The molecular formula is C17H32N2O3. The van der Waals surface area contributed by atoms with Gasteiger partial charge in [-0.3, -0.25) is 9.79 Å². The number of hydrogen-bond donors (Lipinski definition) is 2. The highest BCUT2D eigenvalue weighted by Crippen LogP contribution is 2.24. The van der Waals surface area contributed by atoms with Crippen LogP contribution in [0.2, 0.25) is 0 Å². The van der Waals surface area contributed by atoms with Crippen LogP contribution in [0.1, 0.15) is 77.6 Å². The average molecular weight is 312 g/mol. The molecule has 22 heavy (non-hydrogen) atoms. The molecule has 0 aromatic rings. The van der Waals surface area contributed by atoms with E-state index < -0.39 is 11.5 Å². The molecule has 5 nitrogen and oxygen atoms in total. The van der Waals surface area contributed by atoms with Crippen LogP contribution in [-0.2, 0) is 9.59 Å². The zero-order valence-corrected chi connectivity index (χ0v) is 14.0. The number of carboxylic acid groups (broad SMARTS) is 1. The summed E-state index contributed by atoms with van der Waals surface area (Å²) in [5.41, 5.74) is 3.75. The molecule has 0 fully saturated rings. The lowest BCUT2D eigenvalue weighted by Crippen LogP contribution is -2.44. The Morgan fingerprint density at radius 1 is 1.05 bits per heavy atom. The van der Waals surface area contributed by atoms with Gasteiger partial charge < -0.3 is 10.8 Å². The summed E-state index contributed by atoms with van der Waals surface area (Å²) in [6.45, 7) is 6.01. The van der Waals surface area contributed by atoms with Gasteiger partial charge in [0.25, 0.3) is 0 Å². The molecule has 128 valence electrons. The maximum Gasteiger partial charge on any atom is 0.339 e. The van der Waals surface area contributed by atoms with E-state index in [0.29, 0.717) is 19.4 Å². The van der Waals surface area contributed by atoms with Gasteiger partial charge in [0.1, 0.15) is 0 Å². The van der Waals surface area contributed by atoms with Crippen LogP contribution in [0.25, 0.3) is 0 Å². The van der Waals surface area contributed by atoms with Crippen LogP contribution in [0.15, 0.2) is 4.99 Å². The van der Waals surface area contributed by atoms with Crippen LogP contribution < -0.4 is 5.73 Å². The molecule has 0 radical (unpaired) electrons. The van der Waals surface area contributed by atoms with Gasteiger partial charge in [-0.2, -0.15) is 0 Å². The van der Waals surface area contributed by atoms with E-state index >= 15 is 0 Å². The van der Waals surface area contributed by atoms with Crippen LogP contribution in [0, 0.1) is 0 Å². The molecule has 3 N–H and O–H groups in total. The Morgan fingerprint density at radius 2 is 1.64 bits per heavy atom. The van der Waals surface area contributed by atoms with Crippen molar-refractivity contribution < 1.29 is 14.7 Å². The summed E-state index contributed by atoms with van der Waals surface area (Å²) in [7, 11) is 0. The molecule has 0 spiro atoms. The molecule has 0 amide bonds. The van der Waals surface area contributed by atoms with E-state index in [9.17, 15) is 14.7 Å². The van der Waals surface area contributed by atoms with E-state index in [2.05, 4.69) is 18.6 Å². The number of nitrogens with zero attached hydrogens (tertiary/aromatic N) is 1. The Kier molecular flexibility index (Phi) is 11.6. The first-order valence-corrected chi connectivity index (χ1v) is 8.49. The summed E-state index contributed by atoms with van der Waals surface area (Å²) in [6.07, 6.45) is 9.40. The highest BCUT2D eigenvalue weighted by atomic mass is 16.4. The third-order valence-corrected chi connectivity index (χ3v) is 4.09. The fourth-order valence-corrected chi connectivity index (χ4v) is 2.58. The lowest BCUT2D eigenvalue weighted by molar-refractivity contribution is -0.148. The summed E-state index contributed by atoms with van der Waals surface area (Å²) >= 11 is 0. The van der Waals surface area contributed by atoms with Crippen LogP contribution in [0.3, 0.4) is 0 Å². The lowest BCUT2D eigenvalue weighted by atomic mass is 9.86. The van der Waals surface area contributed by atoms with E-state index in [-0.39, 0.29) is 18.6 Å². The van der Waals surface area contributed by atoms with Gasteiger partial charge in [-0.25, -0.2) is 4.79 Å². The maximum absolute atomic E-state index is 12.3. The number of unbranched alkanes of at least 4 members (excludes halogenated alkanes) is 7. The van der Waals surface area contributed by atoms with Gasteiger partial charge in [-0.05, 0) is 38.9 Å². The number of carbonyl (C=O) groups is 2. The van der Waals surface area contributed by atoms with Gasteiger partial charge in [-0.15, -0.1) is 0 Å². The van der Waals surface area contributed by atoms with E-state index in [4.69, 9.17) is 5.73 Å². The number of aliphatic imine (C=N–C) groups is 1. The predicted octanol–water partition coefficient (Wildman–Crippen LogP) is 3.35. The van der Waals surface area contributed by atoms with Gasteiger partial charge >= 0.3 is 5.97 Å². The van der Waals surface area contributed by atoms with Gasteiger partial charge in [0.2, 0.25) is 5.54 Å². The Balaban J connectivity index is 4.28. The molecule has 0 aliphatic rings. The first-order chi connectivity index (χ1) is 10.5. The Morgan fingerprint density at radius 3 is 2.14 bits per heavy atom.